The van der Waals surface area contributed by atoms with Crippen molar-refractivity contribution in [2.75, 3.05) is 6.61 Å². The molecule has 0 aliphatic heterocycles. The van der Waals surface area contributed by atoms with Gasteiger partial charge in [-0.3, -0.25) is 0 Å². The summed E-state index contributed by atoms with van der Waals surface area (Å²) in [4.78, 5) is 0. The van der Waals surface area contributed by atoms with Gasteiger partial charge in [-0.05, 0) is 12.8 Å². The normalized spacial score (nSPS) is 14.0. The number of rotatable bonds is 15. The smallest absolute Gasteiger partial charge is 0.0894 e. The molecule has 0 rings (SSSR count). The number of nitrogens with two attached hydrogens (primary N) is 1. The second kappa shape index (κ2) is 19.8. The molecule has 3 nitrogen and oxygen atoms in total. The van der Waals surface area contributed by atoms with E-state index in [1.165, 1.54) is 70.6 Å². The van der Waals surface area contributed by atoms with Gasteiger partial charge in [0, 0.05) is 32.7 Å². The molecule has 0 bridgehead atoms. The summed E-state index contributed by atoms with van der Waals surface area (Å²) < 4.78 is 0. The van der Waals surface area contributed by atoms with Gasteiger partial charge in [0.2, 0.25) is 0 Å². The van der Waals surface area contributed by atoms with Gasteiger partial charge in [-0.25, -0.2) is 0 Å². The van der Waals surface area contributed by atoms with Crippen LogP contribution < -0.4 is 5.73 Å². The molecular formula is C18H37NO2Y. The third-order valence-corrected chi connectivity index (χ3v) is 3.96. The Morgan fingerprint density at radius 3 is 1.77 bits per heavy atom. The molecule has 4 heteroatoms. The van der Waals surface area contributed by atoms with Crippen LogP contribution in [0.4, 0.5) is 0 Å². The predicted molar refractivity (Wildman–Crippen MR) is 91.3 cm³/mol. The number of unbranched alkanes of at least 4 members (excludes halogenated alkanes) is 11. The standard InChI is InChI=1S/C18H37NO2.Y/c1-2-3-4-5-6-7-8-9-10-11-12-13-14-15-18(21)17(19)16-20;/h14-15,17-18,20-21H,2-13,16,19H2,1H3;/b15-14+;. The molecule has 1 radical (unpaired) electrons. The first-order valence-corrected chi connectivity index (χ1v) is 8.93. The van der Waals surface area contributed by atoms with Crippen molar-refractivity contribution < 1.29 is 42.9 Å². The Hall–Kier alpha value is 0.724. The third kappa shape index (κ3) is 17.1. The van der Waals surface area contributed by atoms with E-state index in [0.29, 0.717) is 0 Å². The van der Waals surface area contributed by atoms with E-state index in [0.717, 1.165) is 6.42 Å². The van der Waals surface area contributed by atoms with Gasteiger partial charge < -0.3 is 15.9 Å². The first-order chi connectivity index (χ1) is 10.2. The maximum atomic E-state index is 9.52. The molecule has 129 valence electrons. The van der Waals surface area contributed by atoms with Gasteiger partial charge in [0.1, 0.15) is 0 Å². The maximum Gasteiger partial charge on any atom is 0.0894 e. The van der Waals surface area contributed by atoms with Crippen molar-refractivity contribution >= 4 is 0 Å². The summed E-state index contributed by atoms with van der Waals surface area (Å²) in [5.74, 6) is 0. The van der Waals surface area contributed by atoms with E-state index in [9.17, 15) is 5.11 Å². The van der Waals surface area contributed by atoms with E-state index in [1.54, 1.807) is 6.08 Å². The molecule has 2 atom stereocenters. The van der Waals surface area contributed by atoms with Crippen LogP contribution in [0.5, 0.6) is 0 Å². The van der Waals surface area contributed by atoms with Gasteiger partial charge in [0.15, 0.2) is 0 Å². The summed E-state index contributed by atoms with van der Waals surface area (Å²) in [6.07, 6.45) is 18.8. The molecule has 0 saturated heterocycles. The molecule has 0 aromatic carbocycles. The monoisotopic (exact) mass is 388 g/mol. The van der Waals surface area contributed by atoms with Gasteiger partial charge in [-0.15, -0.1) is 0 Å². The molecule has 0 fully saturated rings. The van der Waals surface area contributed by atoms with E-state index < -0.39 is 12.1 Å². The zero-order valence-electron chi connectivity index (χ0n) is 14.6. The zero-order valence-corrected chi connectivity index (χ0v) is 17.4. The van der Waals surface area contributed by atoms with Crippen molar-refractivity contribution in [3.8, 4) is 0 Å². The van der Waals surface area contributed by atoms with Gasteiger partial charge in [-0.1, -0.05) is 83.3 Å². The average molecular weight is 388 g/mol. The Balaban J connectivity index is 0. The van der Waals surface area contributed by atoms with Crippen molar-refractivity contribution in [3.05, 3.63) is 12.2 Å². The van der Waals surface area contributed by atoms with Crippen LogP contribution in [0.1, 0.15) is 84.0 Å². The van der Waals surface area contributed by atoms with Crippen molar-refractivity contribution in [1.82, 2.24) is 0 Å². The molecule has 0 saturated carbocycles. The summed E-state index contributed by atoms with van der Waals surface area (Å²) >= 11 is 0. The van der Waals surface area contributed by atoms with Crippen molar-refractivity contribution in [1.29, 1.82) is 0 Å². The fourth-order valence-electron chi connectivity index (χ4n) is 2.41. The molecule has 0 aromatic rings. The van der Waals surface area contributed by atoms with Crippen LogP contribution in [0, 0.1) is 0 Å². The molecule has 0 aliphatic rings. The van der Waals surface area contributed by atoms with Crippen LogP contribution in [0.25, 0.3) is 0 Å². The Morgan fingerprint density at radius 2 is 1.32 bits per heavy atom. The van der Waals surface area contributed by atoms with Crippen molar-refractivity contribution in [2.24, 2.45) is 5.73 Å². The minimum Gasteiger partial charge on any atom is -0.395 e. The van der Waals surface area contributed by atoms with Crippen LogP contribution in [0.15, 0.2) is 12.2 Å². The van der Waals surface area contributed by atoms with Crippen LogP contribution in [-0.4, -0.2) is 29.0 Å². The van der Waals surface area contributed by atoms with Crippen LogP contribution in [-0.2, 0) is 32.7 Å². The van der Waals surface area contributed by atoms with Crippen molar-refractivity contribution in [2.45, 2.75) is 96.1 Å². The maximum absolute atomic E-state index is 9.52. The van der Waals surface area contributed by atoms with E-state index in [-0.39, 0.29) is 39.3 Å². The molecule has 0 amide bonds. The Labute approximate surface area is 163 Å². The molecule has 22 heavy (non-hydrogen) atoms. The second-order valence-electron chi connectivity index (χ2n) is 6.09. The fourth-order valence-corrected chi connectivity index (χ4v) is 2.41. The number of hydrogen-bond donors (Lipinski definition) is 3. The predicted octanol–water partition coefficient (Wildman–Crippen LogP) is 3.92. The number of aliphatic hydroxyl groups excluding tert-OH is 2. The first-order valence-electron chi connectivity index (χ1n) is 8.93. The second-order valence-corrected chi connectivity index (χ2v) is 6.09. The van der Waals surface area contributed by atoms with Crippen LogP contribution in [0.3, 0.4) is 0 Å². The minimum atomic E-state index is -0.720. The van der Waals surface area contributed by atoms with Crippen LogP contribution >= 0.6 is 0 Å². The number of hydrogen-bond acceptors (Lipinski definition) is 3. The molecular weight excluding hydrogens is 351 g/mol. The Morgan fingerprint density at radius 1 is 0.864 bits per heavy atom. The topological polar surface area (TPSA) is 66.5 Å². The Kier molecular flexibility index (Phi) is 22.4. The zero-order chi connectivity index (χ0) is 15.8. The van der Waals surface area contributed by atoms with E-state index >= 15 is 0 Å². The first kappa shape index (κ1) is 25.0. The third-order valence-electron chi connectivity index (χ3n) is 3.96. The fraction of sp³-hybridized carbons (Fsp3) is 0.889. The van der Waals surface area contributed by atoms with Gasteiger partial charge in [0.05, 0.1) is 18.8 Å². The van der Waals surface area contributed by atoms with Gasteiger partial charge >= 0.3 is 0 Å². The summed E-state index contributed by atoms with van der Waals surface area (Å²) in [6.45, 7) is 2.08. The van der Waals surface area contributed by atoms with Crippen molar-refractivity contribution in [3.63, 3.8) is 0 Å². The molecule has 0 aromatic heterocycles. The quantitative estimate of drug-likeness (QED) is 0.294. The summed E-state index contributed by atoms with van der Waals surface area (Å²) in [5, 5.41) is 18.3. The molecule has 0 heterocycles. The molecule has 0 spiro atoms. The molecule has 0 aliphatic carbocycles. The summed E-state index contributed by atoms with van der Waals surface area (Å²) in [5.41, 5.74) is 5.51. The van der Waals surface area contributed by atoms with E-state index in [2.05, 4.69) is 6.92 Å². The minimum absolute atomic E-state index is 0. The molecule has 2 unspecified atom stereocenters. The van der Waals surface area contributed by atoms with E-state index in [4.69, 9.17) is 10.8 Å². The summed E-state index contributed by atoms with van der Waals surface area (Å²) in [6, 6.07) is -0.557. The molecule has 4 N–H and O–H groups in total. The van der Waals surface area contributed by atoms with Gasteiger partial charge in [-0.2, -0.15) is 0 Å². The summed E-state index contributed by atoms with van der Waals surface area (Å²) in [7, 11) is 0. The number of aliphatic hydroxyl groups is 2. The van der Waals surface area contributed by atoms with Crippen LogP contribution in [0.2, 0.25) is 0 Å². The van der Waals surface area contributed by atoms with E-state index in [1.807, 2.05) is 6.08 Å². The SMILES string of the molecule is CCCCCCCCCCCCC/C=C/C(O)C(N)CO.[Y]. The largest absolute Gasteiger partial charge is 0.395 e. The number of allylic oxidation sites excluding steroid dienone is 1. The Bertz CT molecular complexity index is 237. The van der Waals surface area contributed by atoms with Gasteiger partial charge in [0.25, 0.3) is 0 Å². The average Bonchev–Trinajstić information content (AvgIpc) is 2.50.